The average Bonchev–Trinajstić information content (AvgIpc) is 2.65. The molecule has 0 spiro atoms. The SMILES string of the molecule is CC(C)(C(O)CCS(C)(=O)=O)N1CCCC1. The molecule has 1 rings (SSSR count). The van der Waals surface area contributed by atoms with Crippen LogP contribution in [0.4, 0.5) is 0 Å². The summed E-state index contributed by atoms with van der Waals surface area (Å²) < 4.78 is 22.1. The number of hydrogen-bond donors (Lipinski definition) is 1. The van der Waals surface area contributed by atoms with Crippen LogP contribution in [0.25, 0.3) is 0 Å². The van der Waals surface area contributed by atoms with Crippen LogP contribution in [0.15, 0.2) is 0 Å². The van der Waals surface area contributed by atoms with Gasteiger partial charge >= 0.3 is 0 Å². The predicted molar refractivity (Wildman–Crippen MR) is 65.2 cm³/mol. The molecule has 1 fully saturated rings. The van der Waals surface area contributed by atoms with E-state index in [0.29, 0.717) is 6.42 Å². The lowest BCUT2D eigenvalue weighted by Gasteiger charge is -2.39. The second kappa shape index (κ2) is 5.02. The maximum Gasteiger partial charge on any atom is 0.147 e. The molecule has 0 aromatic rings. The summed E-state index contributed by atoms with van der Waals surface area (Å²) in [6.45, 7) is 5.99. The summed E-state index contributed by atoms with van der Waals surface area (Å²) in [6, 6.07) is 0. The highest BCUT2D eigenvalue weighted by Gasteiger charge is 2.35. The summed E-state index contributed by atoms with van der Waals surface area (Å²) >= 11 is 0. The van der Waals surface area contributed by atoms with E-state index in [1.165, 1.54) is 19.1 Å². The smallest absolute Gasteiger partial charge is 0.147 e. The third-order valence-corrected chi connectivity index (χ3v) is 4.48. The van der Waals surface area contributed by atoms with E-state index < -0.39 is 15.9 Å². The second-order valence-electron chi connectivity index (χ2n) is 5.28. The zero-order chi connectivity index (χ0) is 12.4. The summed E-state index contributed by atoms with van der Waals surface area (Å²) in [5.41, 5.74) is -0.318. The Labute approximate surface area is 98.6 Å². The van der Waals surface area contributed by atoms with Gasteiger partial charge in [-0.05, 0) is 46.2 Å². The minimum absolute atomic E-state index is 0.0609. The molecule has 1 unspecified atom stereocenters. The largest absolute Gasteiger partial charge is 0.391 e. The Balaban J connectivity index is 2.53. The Kier molecular flexibility index (Phi) is 4.37. The first-order valence-electron chi connectivity index (χ1n) is 5.84. The maximum atomic E-state index is 11.1. The summed E-state index contributed by atoms with van der Waals surface area (Å²) in [4.78, 5) is 2.25. The quantitative estimate of drug-likeness (QED) is 0.777. The molecule has 1 heterocycles. The molecule has 0 aliphatic carbocycles. The van der Waals surface area contributed by atoms with Crippen LogP contribution in [-0.2, 0) is 9.84 Å². The van der Waals surface area contributed by atoms with Crippen LogP contribution in [0.1, 0.15) is 33.1 Å². The molecular formula is C11H23NO3S. The van der Waals surface area contributed by atoms with Gasteiger partial charge in [-0.15, -0.1) is 0 Å². The Morgan fingerprint density at radius 3 is 2.25 bits per heavy atom. The minimum Gasteiger partial charge on any atom is -0.391 e. The fourth-order valence-electron chi connectivity index (χ4n) is 2.18. The Morgan fingerprint density at radius 2 is 1.81 bits per heavy atom. The van der Waals surface area contributed by atoms with Gasteiger partial charge in [0.1, 0.15) is 9.84 Å². The van der Waals surface area contributed by atoms with Crippen molar-refractivity contribution in [2.45, 2.75) is 44.8 Å². The van der Waals surface area contributed by atoms with Crippen molar-refractivity contribution in [1.29, 1.82) is 0 Å². The van der Waals surface area contributed by atoms with Crippen molar-refractivity contribution in [1.82, 2.24) is 4.90 Å². The fraction of sp³-hybridized carbons (Fsp3) is 1.00. The van der Waals surface area contributed by atoms with Crippen molar-refractivity contribution in [3.63, 3.8) is 0 Å². The van der Waals surface area contributed by atoms with Gasteiger partial charge in [0.25, 0.3) is 0 Å². The van der Waals surface area contributed by atoms with E-state index in [1.54, 1.807) is 0 Å². The monoisotopic (exact) mass is 249 g/mol. The summed E-state index contributed by atoms with van der Waals surface area (Å²) in [6.07, 6.45) is 3.29. The zero-order valence-corrected chi connectivity index (χ0v) is 11.3. The first-order chi connectivity index (χ1) is 7.23. The van der Waals surface area contributed by atoms with Gasteiger partial charge in [-0.2, -0.15) is 0 Å². The molecule has 0 aromatic heterocycles. The summed E-state index contributed by atoms with van der Waals surface area (Å²) in [5.74, 6) is 0.0609. The third-order valence-electron chi connectivity index (χ3n) is 3.50. The van der Waals surface area contributed by atoms with Crippen LogP contribution in [0.3, 0.4) is 0 Å². The highest BCUT2D eigenvalue weighted by molar-refractivity contribution is 7.90. The van der Waals surface area contributed by atoms with Crippen LogP contribution < -0.4 is 0 Å². The molecule has 0 aromatic carbocycles. The topological polar surface area (TPSA) is 57.6 Å². The van der Waals surface area contributed by atoms with Gasteiger partial charge in [0, 0.05) is 11.8 Å². The van der Waals surface area contributed by atoms with E-state index in [2.05, 4.69) is 4.90 Å². The van der Waals surface area contributed by atoms with Crippen molar-refractivity contribution in [3.8, 4) is 0 Å². The number of nitrogens with zero attached hydrogens (tertiary/aromatic N) is 1. The lowest BCUT2D eigenvalue weighted by Crippen LogP contribution is -2.51. The Bertz CT molecular complexity index is 318. The first-order valence-corrected chi connectivity index (χ1v) is 7.90. The van der Waals surface area contributed by atoms with E-state index in [-0.39, 0.29) is 11.3 Å². The van der Waals surface area contributed by atoms with Gasteiger partial charge in [-0.3, -0.25) is 4.90 Å². The molecule has 1 aliphatic rings. The number of rotatable bonds is 5. The molecule has 5 heteroatoms. The molecule has 0 amide bonds. The van der Waals surface area contributed by atoms with Crippen molar-refractivity contribution in [2.75, 3.05) is 25.1 Å². The Hall–Kier alpha value is -0.130. The number of likely N-dealkylation sites (tertiary alicyclic amines) is 1. The molecule has 0 bridgehead atoms. The summed E-state index contributed by atoms with van der Waals surface area (Å²) in [7, 11) is -2.98. The van der Waals surface area contributed by atoms with E-state index in [1.807, 2.05) is 13.8 Å². The van der Waals surface area contributed by atoms with Crippen molar-refractivity contribution in [3.05, 3.63) is 0 Å². The fourth-order valence-corrected chi connectivity index (χ4v) is 2.83. The molecule has 0 saturated carbocycles. The molecular weight excluding hydrogens is 226 g/mol. The number of aliphatic hydroxyl groups excluding tert-OH is 1. The van der Waals surface area contributed by atoms with Crippen LogP contribution in [0.5, 0.6) is 0 Å². The van der Waals surface area contributed by atoms with Crippen LogP contribution in [0.2, 0.25) is 0 Å². The lowest BCUT2D eigenvalue weighted by atomic mass is 9.93. The molecule has 0 radical (unpaired) electrons. The van der Waals surface area contributed by atoms with Crippen molar-refractivity contribution >= 4 is 9.84 Å². The predicted octanol–water partition coefficient (Wildman–Crippen LogP) is 0.656. The molecule has 4 nitrogen and oxygen atoms in total. The maximum absolute atomic E-state index is 11.1. The van der Waals surface area contributed by atoms with Gasteiger partial charge in [-0.25, -0.2) is 8.42 Å². The molecule has 96 valence electrons. The van der Waals surface area contributed by atoms with Gasteiger partial charge < -0.3 is 5.11 Å². The van der Waals surface area contributed by atoms with Crippen LogP contribution in [-0.4, -0.2) is 55.2 Å². The van der Waals surface area contributed by atoms with Gasteiger partial charge in [-0.1, -0.05) is 0 Å². The lowest BCUT2D eigenvalue weighted by molar-refractivity contribution is 0.00146. The number of sulfone groups is 1. The number of hydrogen-bond acceptors (Lipinski definition) is 4. The standard InChI is InChI=1S/C11H23NO3S/c1-11(2,12-7-4-5-8-12)10(13)6-9-16(3,14)15/h10,13H,4-9H2,1-3H3. The molecule has 1 saturated heterocycles. The van der Waals surface area contributed by atoms with Crippen molar-refractivity contribution < 1.29 is 13.5 Å². The first kappa shape index (κ1) is 13.9. The Morgan fingerprint density at radius 1 is 1.31 bits per heavy atom. The van der Waals surface area contributed by atoms with E-state index in [0.717, 1.165) is 13.1 Å². The summed E-state index contributed by atoms with van der Waals surface area (Å²) in [5, 5.41) is 10.1. The van der Waals surface area contributed by atoms with E-state index in [9.17, 15) is 13.5 Å². The highest BCUT2D eigenvalue weighted by Crippen LogP contribution is 2.25. The zero-order valence-electron chi connectivity index (χ0n) is 10.4. The molecule has 1 aliphatic heterocycles. The second-order valence-corrected chi connectivity index (χ2v) is 7.54. The normalized spacial score (nSPS) is 21.2. The van der Waals surface area contributed by atoms with E-state index in [4.69, 9.17) is 0 Å². The third kappa shape index (κ3) is 3.71. The van der Waals surface area contributed by atoms with E-state index >= 15 is 0 Å². The highest BCUT2D eigenvalue weighted by atomic mass is 32.2. The van der Waals surface area contributed by atoms with Crippen molar-refractivity contribution in [2.24, 2.45) is 0 Å². The van der Waals surface area contributed by atoms with Crippen LogP contribution in [0, 0.1) is 0 Å². The average molecular weight is 249 g/mol. The molecule has 1 atom stereocenters. The number of aliphatic hydroxyl groups is 1. The molecule has 1 N–H and O–H groups in total. The van der Waals surface area contributed by atoms with Gasteiger partial charge in [0.15, 0.2) is 0 Å². The minimum atomic E-state index is -2.98. The van der Waals surface area contributed by atoms with Gasteiger partial charge in [0.05, 0.1) is 11.9 Å². The molecule has 16 heavy (non-hydrogen) atoms. The van der Waals surface area contributed by atoms with Crippen LogP contribution >= 0.6 is 0 Å². The van der Waals surface area contributed by atoms with Gasteiger partial charge in [0.2, 0.25) is 0 Å².